The molecule has 0 radical (unpaired) electrons. The van der Waals surface area contributed by atoms with Gasteiger partial charge in [0.15, 0.2) is 11.3 Å². The van der Waals surface area contributed by atoms with E-state index in [0.717, 1.165) is 24.3 Å². The quantitative estimate of drug-likeness (QED) is 0.789. The second-order valence-corrected chi connectivity index (χ2v) is 5.74. The van der Waals surface area contributed by atoms with Crippen LogP contribution in [0.25, 0.3) is 16.9 Å². The van der Waals surface area contributed by atoms with Crippen molar-refractivity contribution in [2.45, 2.75) is 13.3 Å². The van der Waals surface area contributed by atoms with Gasteiger partial charge in [0.05, 0.1) is 18.9 Å². The van der Waals surface area contributed by atoms with Gasteiger partial charge in [0.25, 0.3) is 5.56 Å². The molecule has 7 heteroatoms. The molecule has 0 bridgehead atoms. The SMILES string of the molecule is CCc1nc(N2CCOCC2)n2nc(-c3ccccc3)[nH]c(=O)c12. The van der Waals surface area contributed by atoms with Crippen LogP contribution in [0.4, 0.5) is 5.95 Å². The molecule has 0 unspecified atom stereocenters. The van der Waals surface area contributed by atoms with E-state index in [9.17, 15) is 4.79 Å². The Balaban J connectivity index is 1.92. The molecule has 7 nitrogen and oxygen atoms in total. The van der Waals surface area contributed by atoms with Crippen molar-refractivity contribution >= 4 is 11.5 Å². The second-order valence-electron chi connectivity index (χ2n) is 5.74. The van der Waals surface area contributed by atoms with Crippen molar-refractivity contribution in [2.75, 3.05) is 31.2 Å². The van der Waals surface area contributed by atoms with Gasteiger partial charge in [0.2, 0.25) is 5.95 Å². The van der Waals surface area contributed by atoms with Crippen molar-refractivity contribution in [2.24, 2.45) is 0 Å². The summed E-state index contributed by atoms with van der Waals surface area (Å²) in [6.07, 6.45) is 0.684. The summed E-state index contributed by atoms with van der Waals surface area (Å²) < 4.78 is 7.10. The minimum absolute atomic E-state index is 0.160. The molecule has 0 saturated carbocycles. The van der Waals surface area contributed by atoms with E-state index in [1.165, 1.54) is 0 Å². The zero-order valence-electron chi connectivity index (χ0n) is 13.5. The molecule has 3 heterocycles. The fourth-order valence-electron chi connectivity index (χ4n) is 3.00. The Labute approximate surface area is 138 Å². The van der Waals surface area contributed by atoms with Gasteiger partial charge in [-0.15, -0.1) is 5.10 Å². The molecule has 124 valence electrons. The van der Waals surface area contributed by atoms with E-state index in [2.05, 4.69) is 20.0 Å². The minimum Gasteiger partial charge on any atom is -0.378 e. The monoisotopic (exact) mass is 325 g/mol. The van der Waals surface area contributed by atoms with Crippen molar-refractivity contribution in [3.8, 4) is 11.4 Å². The van der Waals surface area contributed by atoms with E-state index in [1.54, 1.807) is 4.52 Å². The molecule has 0 amide bonds. The van der Waals surface area contributed by atoms with E-state index < -0.39 is 0 Å². The average Bonchev–Trinajstić information content (AvgIpc) is 3.02. The summed E-state index contributed by atoms with van der Waals surface area (Å²) in [4.78, 5) is 22.3. The van der Waals surface area contributed by atoms with Crippen LogP contribution in [0.5, 0.6) is 0 Å². The fourth-order valence-corrected chi connectivity index (χ4v) is 3.00. The first kappa shape index (κ1) is 14.9. The summed E-state index contributed by atoms with van der Waals surface area (Å²) in [6.45, 7) is 4.81. The average molecular weight is 325 g/mol. The van der Waals surface area contributed by atoms with Crippen LogP contribution in [0.3, 0.4) is 0 Å². The van der Waals surface area contributed by atoms with E-state index in [1.807, 2.05) is 37.3 Å². The minimum atomic E-state index is -0.160. The number of anilines is 1. The highest BCUT2D eigenvalue weighted by atomic mass is 16.5. The van der Waals surface area contributed by atoms with Crippen molar-refractivity contribution < 1.29 is 4.74 Å². The number of ether oxygens (including phenoxy) is 1. The smallest absolute Gasteiger partial charge is 0.277 e. The second kappa shape index (κ2) is 6.09. The molecule has 0 spiro atoms. The third-order valence-corrected chi connectivity index (χ3v) is 4.23. The topological polar surface area (TPSA) is 75.5 Å². The lowest BCUT2D eigenvalue weighted by Gasteiger charge is -2.26. The molecule has 4 rings (SSSR count). The number of benzene rings is 1. The summed E-state index contributed by atoms with van der Waals surface area (Å²) in [7, 11) is 0. The molecule has 2 aromatic heterocycles. The van der Waals surface area contributed by atoms with Crippen LogP contribution in [0.2, 0.25) is 0 Å². The Bertz CT molecular complexity index is 910. The van der Waals surface area contributed by atoms with Gasteiger partial charge in [-0.05, 0) is 6.42 Å². The van der Waals surface area contributed by atoms with Crippen molar-refractivity contribution in [3.05, 3.63) is 46.4 Å². The largest absolute Gasteiger partial charge is 0.378 e. The zero-order valence-corrected chi connectivity index (χ0v) is 13.5. The summed E-state index contributed by atoms with van der Waals surface area (Å²) in [6, 6.07) is 9.64. The molecule has 1 aliphatic rings. The van der Waals surface area contributed by atoms with Gasteiger partial charge < -0.3 is 14.6 Å². The van der Waals surface area contributed by atoms with Crippen molar-refractivity contribution in [1.82, 2.24) is 19.6 Å². The number of aromatic amines is 1. The molecular formula is C17H19N5O2. The van der Waals surface area contributed by atoms with Gasteiger partial charge in [-0.3, -0.25) is 4.79 Å². The number of aromatic nitrogens is 4. The third-order valence-electron chi connectivity index (χ3n) is 4.23. The maximum atomic E-state index is 12.6. The first-order valence-corrected chi connectivity index (χ1v) is 8.18. The lowest BCUT2D eigenvalue weighted by molar-refractivity contribution is 0.122. The zero-order chi connectivity index (χ0) is 16.5. The highest BCUT2D eigenvalue weighted by Gasteiger charge is 2.22. The molecule has 0 atom stereocenters. The molecule has 1 aromatic carbocycles. The highest BCUT2D eigenvalue weighted by Crippen LogP contribution is 2.20. The highest BCUT2D eigenvalue weighted by molar-refractivity contribution is 5.60. The number of hydrogen-bond donors (Lipinski definition) is 1. The number of nitrogens with one attached hydrogen (secondary N) is 1. The van der Waals surface area contributed by atoms with Crippen molar-refractivity contribution in [3.63, 3.8) is 0 Å². The van der Waals surface area contributed by atoms with Gasteiger partial charge in [0, 0.05) is 18.7 Å². The Hall–Kier alpha value is -2.67. The van der Waals surface area contributed by atoms with E-state index in [0.29, 0.717) is 36.9 Å². The lowest BCUT2D eigenvalue weighted by atomic mass is 10.2. The van der Waals surface area contributed by atoms with Crippen LogP contribution in [0, 0.1) is 0 Å². The van der Waals surface area contributed by atoms with Gasteiger partial charge in [0.1, 0.15) is 0 Å². The van der Waals surface area contributed by atoms with Gasteiger partial charge >= 0.3 is 0 Å². The summed E-state index contributed by atoms with van der Waals surface area (Å²) in [5.74, 6) is 1.26. The molecule has 1 saturated heterocycles. The molecule has 24 heavy (non-hydrogen) atoms. The van der Waals surface area contributed by atoms with Crippen molar-refractivity contribution in [1.29, 1.82) is 0 Å². The maximum Gasteiger partial charge on any atom is 0.277 e. The van der Waals surface area contributed by atoms with Crippen LogP contribution in [0.1, 0.15) is 12.6 Å². The van der Waals surface area contributed by atoms with Gasteiger partial charge in [-0.2, -0.15) is 4.52 Å². The number of nitrogens with zero attached hydrogens (tertiary/aromatic N) is 4. The van der Waals surface area contributed by atoms with Crippen LogP contribution < -0.4 is 10.5 Å². The number of aryl methyl sites for hydroxylation is 1. The molecular weight excluding hydrogens is 306 g/mol. The Morgan fingerprint density at radius 1 is 1.21 bits per heavy atom. The number of fused-ring (bicyclic) bond motifs is 1. The van der Waals surface area contributed by atoms with E-state index >= 15 is 0 Å². The van der Waals surface area contributed by atoms with Crippen LogP contribution >= 0.6 is 0 Å². The molecule has 1 aliphatic heterocycles. The standard InChI is InChI=1S/C17H19N5O2/c1-2-13-14-16(23)19-15(12-6-4-3-5-7-12)20-22(14)17(18-13)21-8-10-24-11-9-21/h3-7H,2,8-11H2,1H3,(H,19,20,23). The normalized spacial score (nSPS) is 15.1. The predicted molar refractivity (Wildman–Crippen MR) is 91.5 cm³/mol. The predicted octanol–water partition coefficient (Wildman–Crippen LogP) is 1.48. The molecule has 1 N–H and O–H groups in total. The van der Waals surface area contributed by atoms with Crippen LogP contribution in [0.15, 0.2) is 35.1 Å². The first-order chi connectivity index (χ1) is 11.8. The fraction of sp³-hybridized carbons (Fsp3) is 0.353. The first-order valence-electron chi connectivity index (χ1n) is 8.18. The number of hydrogen-bond acceptors (Lipinski definition) is 5. The summed E-state index contributed by atoms with van der Waals surface area (Å²) >= 11 is 0. The van der Waals surface area contributed by atoms with E-state index in [-0.39, 0.29) is 5.56 Å². The molecule has 1 fully saturated rings. The number of H-pyrrole nitrogens is 1. The van der Waals surface area contributed by atoms with E-state index in [4.69, 9.17) is 4.74 Å². The maximum absolute atomic E-state index is 12.6. The molecule has 0 aliphatic carbocycles. The Morgan fingerprint density at radius 2 is 1.96 bits per heavy atom. The summed E-state index contributed by atoms with van der Waals surface area (Å²) in [5, 5.41) is 4.67. The molecule has 3 aromatic rings. The summed E-state index contributed by atoms with van der Waals surface area (Å²) in [5.41, 5.74) is 2.01. The lowest BCUT2D eigenvalue weighted by Crippen LogP contribution is -2.37. The number of rotatable bonds is 3. The number of imidazole rings is 1. The number of morpholine rings is 1. The van der Waals surface area contributed by atoms with Crippen LogP contribution in [-0.2, 0) is 11.2 Å². The van der Waals surface area contributed by atoms with Crippen LogP contribution in [-0.4, -0.2) is 45.9 Å². The Kier molecular flexibility index (Phi) is 3.78. The third kappa shape index (κ3) is 2.46. The Morgan fingerprint density at radius 3 is 2.67 bits per heavy atom. The van der Waals surface area contributed by atoms with Gasteiger partial charge in [-0.1, -0.05) is 37.3 Å². The van der Waals surface area contributed by atoms with Gasteiger partial charge in [-0.25, -0.2) is 4.98 Å².